The molecule has 12 heteroatoms. The second-order valence-corrected chi connectivity index (χ2v) is 9.19. The summed E-state index contributed by atoms with van der Waals surface area (Å²) >= 11 is 0. The fraction of sp³-hybridized carbons (Fsp3) is 0.545. The molecular weight excluding hydrogens is 448 g/mol. The molecule has 4 atom stereocenters. The number of nitrogen functional groups attached to an aromatic ring is 1. The molecule has 4 N–H and O–H groups in total. The molecule has 1 aliphatic rings. The van der Waals surface area contributed by atoms with E-state index >= 15 is 0 Å². The predicted molar refractivity (Wildman–Crippen MR) is 121 cm³/mol. The minimum atomic E-state index is -0.932. The van der Waals surface area contributed by atoms with Crippen molar-refractivity contribution in [3.63, 3.8) is 0 Å². The van der Waals surface area contributed by atoms with Crippen LogP contribution in [0.3, 0.4) is 0 Å². The van der Waals surface area contributed by atoms with Crippen LogP contribution in [0.25, 0.3) is 0 Å². The Labute approximate surface area is 196 Å². The van der Waals surface area contributed by atoms with E-state index in [-0.39, 0.29) is 24.5 Å². The van der Waals surface area contributed by atoms with Crippen LogP contribution in [0, 0.1) is 15.5 Å². The lowest BCUT2D eigenvalue weighted by molar-refractivity contribution is -0.386. The van der Waals surface area contributed by atoms with E-state index < -0.39 is 47.2 Å². The number of nitro benzene ring substituents is 1. The second kappa shape index (κ2) is 10.1. The Morgan fingerprint density at radius 1 is 1.41 bits per heavy atom. The number of anilines is 1. The third kappa shape index (κ3) is 5.36. The predicted octanol–water partition coefficient (Wildman–Crippen LogP) is 1.69. The van der Waals surface area contributed by atoms with Gasteiger partial charge >= 0.3 is 5.69 Å². The van der Waals surface area contributed by atoms with Gasteiger partial charge in [0, 0.05) is 24.2 Å². The van der Waals surface area contributed by atoms with Gasteiger partial charge in [-0.15, -0.1) is 0 Å². The zero-order valence-electron chi connectivity index (χ0n) is 19.5. The molecule has 0 aliphatic carbocycles. The molecule has 1 fully saturated rings. The van der Waals surface area contributed by atoms with E-state index in [1.54, 1.807) is 6.07 Å². The number of nitro groups is 1. The van der Waals surface area contributed by atoms with Crippen molar-refractivity contribution in [2.75, 3.05) is 19.5 Å². The van der Waals surface area contributed by atoms with Crippen molar-refractivity contribution in [2.45, 2.75) is 58.3 Å². The topological polar surface area (TPSA) is 172 Å². The average Bonchev–Trinajstić information content (AvgIpc) is 3.14. The summed E-state index contributed by atoms with van der Waals surface area (Å²) in [5.74, 6) is 0.398. The number of aromatic nitrogens is 2. The smallest absolute Gasteiger partial charge is 0.351 e. The zero-order valence-corrected chi connectivity index (χ0v) is 19.5. The SMILES string of the molecule is COc1ccc([N+](=O)[O-])c([C@@H](OCc2cn([C@H]3C[C@@H](O)[C@@H](CO)O3)c(=O)nc2N)C(C)(C)C)c1. The third-order valence-electron chi connectivity index (χ3n) is 5.66. The lowest BCUT2D eigenvalue weighted by atomic mass is 9.83. The van der Waals surface area contributed by atoms with Crippen LogP contribution in [-0.4, -0.2) is 50.6 Å². The second-order valence-electron chi connectivity index (χ2n) is 9.19. The fourth-order valence-electron chi connectivity index (χ4n) is 3.90. The van der Waals surface area contributed by atoms with E-state index in [9.17, 15) is 25.1 Å². The van der Waals surface area contributed by atoms with Gasteiger partial charge in [0.25, 0.3) is 5.69 Å². The summed E-state index contributed by atoms with van der Waals surface area (Å²) in [5.41, 5.74) is 5.33. The fourth-order valence-corrected chi connectivity index (χ4v) is 3.90. The minimum Gasteiger partial charge on any atom is -0.497 e. The number of aliphatic hydroxyl groups is 2. The Balaban J connectivity index is 1.93. The number of ether oxygens (including phenoxy) is 3. The van der Waals surface area contributed by atoms with E-state index in [0.29, 0.717) is 16.9 Å². The molecule has 1 aromatic carbocycles. The van der Waals surface area contributed by atoms with Crippen molar-refractivity contribution in [2.24, 2.45) is 5.41 Å². The Morgan fingerprint density at radius 2 is 2.12 bits per heavy atom. The average molecular weight is 479 g/mol. The number of aliphatic hydroxyl groups excluding tert-OH is 2. The molecule has 12 nitrogen and oxygen atoms in total. The van der Waals surface area contributed by atoms with Crippen molar-refractivity contribution < 1.29 is 29.3 Å². The minimum absolute atomic E-state index is 0.0497. The molecule has 0 radical (unpaired) electrons. The molecule has 0 unspecified atom stereocenters. The van der Waals surface area contributed by atoms with Gasteiger partial charge in [-0.25, -0.2) is 4.79 Å². The normalized spacial score (nSPS) is 21.4. The number of hydrogen-bond donors (Lipinski definition) is 3. The maximum absolute atomic E-state index is 12.4. The molecule has 34 heavy (non-hydrogen) atoms. The molecule has 0 spiro atoms. The quantitative estimate of drug-likeness (QED) is 0.374. The summed E-state index contributed by atoms with van der Waals surface area (Å²) in [6.45, 7) is 5.15. The van der Waals surface area contributed by atoms with Crippen LogP contribution in [0.5, 0.6) is 5.75 Å². The van der Waals surface area contributed by atoms with Crippen LogP contribution in [0.1, 0.15) is 50.7 Å². The van der Waals surface area contributed by atoms with Gasteiger partial charge in [0.15, 0.2) is 0 Å². The Kier molecular flexibility index (Phi) is 7.56. The van der Waals surface area contributed by atoms with Crippen molar-refractivity contribution in [3.05, 3.63) is 56.1 Å². The summed E-state index contributed by atoms with van der Waals surface area (Å²) < 4.78 is 18.1. The molecule has 2 heterocycles. The van der Waals surface area contributed by atoms with Gasteiger partial charge < -0.3 is 30.2 Å². The molecule has 1 saturated heterocycles. The van der Waals surface area contributed by atoms with Crippen LogP contribution in [-0.2, 0) is 16.1 Å². The number of rotatable bonds is 8. The standard InChI is InChI=1S/C22H30N4O8/c1-22(2,3)19(14-7-13(32-4)5-6-15(14)26(30)31)33-11-12-9-25(21(29)24-20(12)23)18-8-16(28)17(10-27)34-18/h5-7,9,16-19,27-28H,8,10-11H2,1-4H3,(H2,23,24,29)/t16-,17-,18-,19-/m1/s1. The van der Waals surface area contributed by atoms with Gasteiger partial charge in [-0.05, 0) is 17.5 Å². The van der Waals surface area contributed by atoms with E-state index in [4.69, 9.17) is 19.9 Å². The molecule has 1 aliphatic heterocycles. The first-order chi connectivity index (χ1) is 16.0. The highest BCUT2D eigenvalue weighted by atomic mass is 16.6. The first-order valence-electron chi connectivity index (χ1n) is 10.7. The van der Waals surface area contributed by atoms with E-state index in [0.717, 1.165) is 0 Å². The maximum Gasteiger partial charge on any atom is 0.351 e. The molecule has 3 rings (SSSR count). The number of benzene rings is 1. The van der Waals surface area contributed by atoms with Crippen LogP contribution in [0.15, 0.2) is 29.2 Å². The summed E-state index contributed by atoms with van der Waals surface area (Å²) in [5, 5.41) is 31.0. The van der Waals surface area contributed by atoms with Crippen LogP contribution < -0.4 is 16.2 Å². The van der Waals surface area contributed by atoms with Gasteiger partial charge in [0.2, 0.25) is 0 Å². The highest BCUT2D eigenvalue weighted by Gasteiger charge is 2.36. The highest BCUT2D eigenvalue weighted by Crippen LogP contribution is 2.42. The molecule has 1 aromatic heterocycles. The van der Waals surface area contributed by atoms with Crippen molar-refractivity contribution >= 4 is 11.5 Å². The van der Waals surface area contributed by atoms with Crippen molar-refractivity contribution in [1.82, 2.24) is 9.55 Å². The highest BCUT2D eigenvalue weighted by molar-refractivity contribution is 5.47. The summed E-state index contributed by atoms with van der Waals surface area (Å²) in [7, 11) is 1.47. The summed E-state index contributed by atoms with van der Waals surface area (Å²) in [4.78, 5) is 27.4. The molecule has 2 aromatic rings. The van der Waals surface area contributed by atoms with E-state index in [1.807, 2.05) is 20.8 Å². The van der Waals surface area contributed by atoms with E-state index in [2.05, 4.69) is 4.98 Å². The summed E-state index contributed by atoms with van der Waals surface area (Å²) in [6, 6.07) is 4.45. The van der Waals surface area contributed by atoms with Gasteiger partial charge in [-0.3, -0.25) is 14.7 Å². The van der Waals surface area contributed by atoms with Crippen molar-refractivity contribution in [1.29, 1.82) is 0 Å². The van der Waals surface area contributed by atoms with Crippen molar-refractivity contribution in [3.8, 4) is 5.75 Å². The molecule has 0 amide bonds. The molecule has 0 saturated carbocycles. The lowest BCUT2D eigenvalue weighted by Crippen LogP contribution is -2.29. The lowest BCUT2D eigenvalue weighted by Gasteiger charge is -2.31. The maximum atomic E-state index is 12.4. The largest absolute Gasteiger partial charge is 0.497 e. The first kappa shape index (κ1) is 25.6. The number of nitrogens with two attached hydrogens (primary N) is 1. The van der Waals surface area contributed by atoms with Gasteiger partial charge in [0.1, 0.15) is 23.9 Å². The molecular formula is C22H30N4O8. The summed E-state index contributed by atoms with van der Waals surface area (Å²) in [6.07, 6.45) is -1.78. The van der Waals surface area contributed by atoms with Gasteiger partial charge in [-0.2, -0.15) is 4.98 Å². The van der Waals surface area contributed by atoms with Crippen LogP contribution >= 0.6 is 0 Å². The third-order valence-corrected chi connectivity index (χ3v) is 5.66. The monoisotopic (exact) mass is 478 g/mol. The van der Waals surface area contributed by atoms with Crippen LogP contribution in [0.2, 0.25) is 0 Å². The van der Waals surface area contributed by atoms with E-state index in [1.165, 1.54) is 30.0 Å². The van der Waals surface area contributed by atoms with Crippen LogP contribution in [0.4, 0.5) is 11.5 Å². The van der Waals surface area contributed by atoms with Gasteiger partial charge in [-0.1, -0.05) is 20.8 Å². The molecule has 186 valence electrons. The Hall–Kier alpha value is -3.06. The number of nitrogens with zero attached hydrogens (tertiary/aromatic N) is 3. The van der Waals surface area contributed by atoms with Gasteiger partial charge in [0.05, 0.1) is 43.0 Å². The first-order valence-corrected chi connectivity index (χ1v) is 10.7. The molecule has 0 bridgehead atoms. The Morgan fingerprint density at radius 3 is 2.68 bits per heavy atom. The number of methoxy groups -OCH3 is 1. The Bertz CT molecular complexity index is 1100. The number of hydrogen-bond acceptors (Lipinski definition) is 10. The zero-order chi connectivity index (χ0) is 25.2.